The fourth-order valence-electron chi connectivity index (χ4n) is 3.54. The number of nitrogens with one attached hydrogen (secondary N) is 1. The van der Waals surface area contributed by atoms with E-state index in [0.29, 0.717) is 6.54 Å². The molecule has 12 nitrogen and oxygen atoms in total. The number of aromatic nitrogens is 4. The molecule has 1 aliphatic heterocycles. The molecule has 1 aliphatic rings. The quantitative estimate of drug-likeness (QED) is 0.253. The average molecular weight is 474 g/mol. The van der Waals surface area contributed by atoms with Crippen molar-refractivity contribution in [2.45, 2.75) is 43.9 Å². The molecule has 13 heteroatoms. The maximum absolute atomic E-state index is 13.6. The molecule has 1 aromatic carbocycles. The van der Waals surface area contributed by atoms with Crippen molar-refractivity contribution in [1.82, 2.24) is 24.8 Å². The summed E-state index contributed by atoms with van der Waals surface area (Å²) in [7, 11) is 0. The number of carbonyl (C=O) groups excluding carboxylic acids is 2. The number of aliphatic hydroxyl groups excluding tert-OH is 2. The smallest absolute Gasteiger partial charge is 0.312 e. The van der Waals surface area contributed by atoms with Gasteiger partial charge >= 0.3 is 12.0 Å². The number of nitrogens with two attached hydrogens (primary N) is 1. The molecule has 0 radical (unpaired) electrons. The summed E-state index contributed by atoms with van der Waals surface area (Å²) in [6.45, 7) is -0.0171. The van der Waals surface area contributed by atoms with Gasteiger partial charge in [0.25, 0.3) is 0 Å². The molecule has 0 bridgehead atoms. The van der Waals surface area contributed by atoms with Crippen LogP contribution in [0.2, 0.25) is 0 Å². The van der Waals surface area contributed by atoms with Crippen LogP contribution in [0.5, 0.6) is 0 Å². The predicted octanol–water partition coefficient (Wildman–Crippen LogP) is -0.193. The fraction of sp³-hybridized carbons (Fsp3) is 0.381. The van der Waals surface area contributed by atoms with E-state index in [2.05, 4.69) is 20.3 Å². The van der Waals surface area contributed by atoms with Gasteiger partial charge in [-0.25, -0.2) is 4.98 Å². The molecule has 1 amide bonds. The third-order valence-corrected chi connectivity index (χ3v) is 5.33. The molecule has 3 heterocycles. The topological polar surface area (TPSA) is 175 Å². The highest BCUT2D eigenvalue weighted by Crippen LogP contribution is 2.32. The number of hydrogen-bond donors (Lipinski definition) is 4. The van der Waals surface area contributed by atoms with E-state index in [1.807, 2.05) is 30.3 Å². The van der Waals surface area contributed by atoms with Crippen LogP contribution in [0.4, 0.5) is 10.2 Å². The van der Waals surface area contributed by atoms with Gasteiger partial charge < -0.3 is 30.7 Å². The van der Waals surface area contributed by atoms with Gasteiger partial charge in [0.1, 0.15) is 24.9 Å². The Labute approximate surface area is 192 Å². The van der Waals surface area contributed by atoms with Crippen molar-refractivity contribution in [3.8, 4) is 0 Å². The van der Waals surface area contributed by atoms with Crippen LogP contribution in [0.15, 0.2) is 36.7 Å². The Balaban J connectivity index is 1.28. The molecule has 0 spiro atoms. The molecule has 1 saturated heterocycles. The highest BCUT2D eigenvalue weighted by molar-refractivity contribution is 5.81. The van der Waals surface area contributed by atoms with E-state index in [-0.39, 0.29) is 42.3 Å². The number of anilines is 1. The summed E-state index contributed by atoms with van der Waals surface area (Å²) in [4.78, 5) is 35.0. The summed E-state index contributed by atoms with van der Waals surface area (Å²) < 4.78 is 25.5. The number of nitrogens with zero attached hydrogens (tertiary/aromatic N) is 4. The number of hydrogen-bond acceptors (Lipinski definition) is 10. The first-order valence-electron chi connectivity index (χ1n) is 10.5. The molecule has 2 aromatic heterocycles. The molecule has 4 atom stereocenters. The normalized spacial score (nSPS) is 22.1. The summed E-state index contributed by atoms with van der Waals surface area (Å²) in [5.74, 6) is -1.17. The second-order valence-electron chi connectivity index (χ2n) is 7.69. The summed E-state index contributed by atoms with van der Waals surface area (Å²) in [6.07, 6.45) is -5.21. The second kappa shape index (κ2) is 10.1. The number of rotatable bonds is 8. The minimum absolute atomic E-state index is 0.0274. The van der Waals surface area contributed by atoms with E-state index in [0.717, 1.165) is 5.56 Å². The zero-order valence-corrected chi connectivity index (χ0v) is 17.9. The number of ether oxygens (including phenoxy) is 2. The zero-order valence-electron chi connectivity index (χ0n) is 17.9. The molecular weight excluding hydrogens is 451 g/mol. The third kappa shape index (κ3) is 5.11. The minimum Gasteiger partial charge on any atom is -0.463 e. The van der Waals surface area contributed by atoms with E-state index >= 15 is 0 Å². The fourth-order valence-corrected chi connectivity index (χ4v) is 3.54. The highest BCUT2D eigenvalue weighted by atomic mass is 19.1. The first kappa shape index (κ1) is 23.5. The van der Waals surface area contributed by atoms with Gasteiger partial charge in [0, 0.05) is 13.0 Å². The van der Waals surface area contributed by atoms with Crippen LogP contribution in [0.25, 0.3) is 11.2 Å². The van der Waals surface area contributed by atoms with Crippen molar-refractivity contribution in [2.75, 3.05) is 12.3 Å². The van der Waals surface area contributed by atoms with Crippen molar-refractivity contribution in [1.29, 1.82) is 0 Å². The van der Waals surface area contributed by atoms with E-state index < -0.39 is 36.6 Å². The number of esters is 1. The van der Waals surface area contributed by atoms with Gasteiger partial charge in [-0.2, -0.15) is 14.4 Å². The van der Waals surface area contributed by atoms with E-state index in [1.54, 1.807) is 0 Å². The molecule has 4 rings (SSSR count). The maximum Gasteiger partial charge on any atom is 0.312 e. The molecule has 1 fully saturated rings. The van der Waals surface area contributed by atoms with Crippen LogP contribution >= 0.6 is 0 Å². The first-order valence-corrected chi connectivity index (χ1v) is 10.5. The second-order valence-corrected chi connectivity index (χ2v) is 7.69. The largest absolute Gasteiger partial charge is 0.463 e. The summed E-state index contributed by atoms with van der Waals surface area (Å²) >= 11 is 0. The van der Waals surface area contributed by atoms with Crippen molar-refractivity contribution >= 4 is 28.9 Å². The van der Waals surface area contributed by atoms with Gasteiger partial charge in [-0.1, -0.05) is 30.3 Å². The Morgan fingerprint density at radius 1 is 1.18 bits per heavy atom. The Morgan fingerprint density at radius 2 is 1.94 bits per heavy atom. The SMILES string of the molecule is Nc1nc(F)nc2c1ncn2[C@@H]1O[C@H](COC(=O)CCC(=O)NCc2ccccc2)[C@@H](O)[C@H]1O. The lowest BCUT2D eigenvalue weighted by molar-refractivity contribution is -0.151. The number of carbonyl (C=O) groups is 2. The standard InChI is InChI=1S/C21H23FN6O6/c22-21-26-18(23)15-19(27-21)28(10-25-15)20-17(32)16(31)12(34-20)9-33-14(30)7-6-13(29)24-8-11-4-2-1-3-5-11/h1-5,10,12,16-17,20,31-32H,6-9H2,(H,24,29)(H2,23,26,27)/t12-,16-,17-,20-/m1/s1. The molecule has 0 unspecified atom stereocenters. The maximum atomic E-state index is 13.6. The molecule has 180 valence electrons. The number of halogens is 1. The Hall–Kier alpha value is -3.68. The highest BCUT2D eigenvalue weighted by Gasteiger charge is 2.45. The van der Waals surface area contributed by atoms with Crippen LogP contribution < -0.4 is 11.1 Å². The van der Waals surface area contributed by atoms with E-state index in [9.17, 15) is 24.2 Å². The zero-order chi connectivity index (χ0) is 24.2. The van der Waals surface area contributed by atoms with Gasteiger partial charge in [0.15, 0.2) is 23.2 Å². The van der Waals surface area contributed by atoms with Gasteiger partial charge in [-0.15, -0.1) is 0 Å². The van der Waals surface area contributed by atoms with E-state index in [4.69, 9.17) is 15.2 Å². The Bertz CT molecular complexity index is 1180. The van der Waals surface area contributed by atoms with Gasteiger partial charge in [-0.05, 0) is 5.56 Å². The van der Waals surface area contributed by atoms with Gasteiger partial charge in [0.2, 0.25) is 5.91 Å². The predicted molar refractivity (Wildman–Crippen MR) is 114 cm³/mol. The monoisotopic (exact) mass is 474 g/mol. The van der Waals surface area contributed by atoms with Crippen LogP contribution in [-0.4, -0.2) is 66.5 Å². The van der Waals surface area contributed by atoms with Gasteiger partial charge in [0.05, 0.1) is 12.7 Å². The van der Waals surface area contributed by atoms with Crippen molar-refractivity contribution in [3.05, 3.63) is 48.3 Å². The van der Waals surface area contributed by atoms with Crippen molar-refractivity contribution in [2.24, 2.45) is 0 Å². The van der Waals surface area contributed by atoms with Crippen LogP contribution in [0.3, 0.4) is 0 Å². The molecule has 0 aliphatic carbocycles. The van der Waals surface area contributed by atoms with Crippen LogP contribution in [-0.2, 0) is 25.6 Å². The minimum atomic E-state index is -1.44. The summed E-state index contributed by atoms with van der Waals surface area (Å²) in [5.41, 5.74) is 6.64. The lowest BCUT2D eigenvalue weighted by Crippen LogP contribution is -2.34. The first-order chi connectivity index (χ1) is 16.3. The number of amides is 1. The average Bonchev–Trinajstić information content (AvgIpc) is 3.36. The van der Waals surface area contributed by atoms with E-state index in [1.165, 1.54) is 10.9 Å². The molecule has 3 aromatic rings. The molecular formula is C21H23FN6O6. The van der Waals surface area contributed by atoms with Crippen LogP contribution in [0.1, 0.15) is 24.6 Å². The lowest BCUT2D eigenvalue weighted by Gasteiger charge is -2.16. The number of benzene rings is 1. The number of aliphatic hydroxyl groups is 2. The lowest BCUT2D eigenvalue weighted by atomic mass is 10.1. The van der Waals surface area contributed by atoms with Crippen LogP contribution in [0, 0.1) is 6.08 Å². The molecule has 5 N–H and O–H groups in total. The summed E-state index contributed by atoms with van der Waals surface area (Å²) in [6, 6.07) is 9.32. The Morgan fingerprint density at radius 3 is 2.71 bits per heavy atom. The number of nitrogen functional groups attached to an aromatic ring is 1. The Kier molecular flexibility index (Phi) is 6.95. The number of imidazole rings is 1. The van der Waals surface area contributed by atoms with Crippen molar-refractivity contribution in [3.63, 3.8) is 0 Å². The summed E-state index contributed by atoms with van der Waals surface area (Å²) in [5, 5.41) is 23.4. The third-order valence-electron chi connectivity index (χ3n) is 5.33. The van der Waals surface area contributed by atoms with Gasteiger partial charge in [-0.3, -0.25) is 14.2 Å². The van der Waals surface area contributed by atoms with Crippen molar-refractivity contribution < 1.29 is 33.7 Å². The number of fused-ring (bicyclic) bond motifs is 1. The molecule has 0 saturated carbocycles. The molecule has 34 heavy (non-hydrogen) atoms.